The van der Waals surface area contributed by atoms with E-state index < -0.39 is 0 Å². The Morgan fingerprint density at radius 3 is 2.85 bits per heavy atom. The summed E-state index contributed by atoms with van der Waals surface area (Å²) in [5.41, 5.74) is 1.82. The van der Waals surface area contributed by atoms with Crippen LogP contribution < -0.4 is 10.1 Å². The van der Waals surface area contributed by atoms with Crippen LogP contribution >= 0.6 is 23.1 Å². The smallest absolute Gasteiger partial charge is 0.237 e. The molecule has 0 aliphatic rings. The van der Waals surface area contributed by atoms with Gasteiger partial charge in [-0.25, -0.2) is 0 Å². The summed E-state index contributed by atoms with van der Waals surface area (Å²) in [7, 11) is 1.63. The van der Waals surface area contributed by atoms with Crippen LogP contribution in [0.4, 0.5) is 10.8 Å². The predicted octanol–water partition coefficient (Wildman–Crippen LogP) is 4.63. The van der Waals surface area contributed by atoms with Crippen LogP contribution in [0.1, 0.15) is 5.89 Å². The maximum Gasteiger partial charge on any atom is 0.237 e. The molecule has 0 radical (unpaired) electrons. The zero-order chi connectivity index (χ0) is 18.5. The molecule has 27 heavy (non-hydrogen) atoms. The second-order valence-corrected chi connectivity index (χ2v) is 7.60. The largest absolute Gasteiger partial charge is 0.497 e. The highest BCUT2D eigenvalue weighted by molar-refractivity contribution is 8.00. The molecule has 2 aromatic carbocycles. The van der Waals surface area contributed by atoms with Crippen LogP contribution in [0.3, 0.4) is 0 Å². The van der Waals surface area contributed by atoms with Gasteiger partial charge in [-0.1, -0.05) is 58.6 Å². The van der Waals surface area contributed by atoms with Gasteiger partial charge in [-0.2, -0.15) is 4.98 Å². The van der Waals surface area contributed by atoms with E-state index in [4.69, 9.17) is 9.26 Å². The Hall–Kier alpha value is -2.91. The highest BCUT2D eigenvalue weighted by Gasteiger charge is 2.12. The summed E-state index contributed by atoms with van der Waals surface area (Å²) in [6.45, 7) is 0. The maximum atomic E-state index is 5.33. The number of para-hydroxylation sites is 1. The Bertz CT molecular complexity index is 1020. The van der Waals surface area contributed by atoms with Crippen molar-refractivity contribution in [2.24, 2.45) is 0 Å². The molecule has 9 heteroatoms. The van der Waals surface area contributed by atoms with Crippen molar-refractivity contribution in [1.82, 2.24) is 20.3 Å². The van der Waals surface area contributed by atoms with Crippen molar-refractivity contribution < 1.29 is 9.26 Å². The lowest BCUT2D eigenvalue weighted by atomic mass is 10.2. The first-order valence-electron chi connectivity index (χ1n) is 8.05. The molecule has 1 N–H and O–H groups in total. The number of nitrogens with zero attached hydrogens (tertiary/aromatic N) is 4. The molecule has 4 rings (SSSR count). The molecule has 2 aromatic heterocycles. The van der Waals surface area contributed by atoms with Gasteiger partial charge in [0.1, 0.15) is 5.75 Å². The van der Waals surface area contributed by atoms with Gasteiger partial charge in [0.05, 0.1) is 12.9 Å². The van der Waals surface area contributed by atoms with Crippen LogP contribution in [-0.4, -0.2) is 27.4 Å². The lowest BCUT2D eigenvalue weighted by Crippen LogP contribution is -1.87. The molecular weight excluding hydrogens is 382 g/mol. The van der Waals surface area contributed by atoms with Crippen molar-refractivity contribution >= 4 is 33.9 Å². The number of hydrogen-bond acceptors (Lipinski definition) is 9. The molecule has 0 unspecified atom stereocenters. The summed E-state index contributed by atoms with van der Waals surface area (Å²) in [6, 6.07) is 17.4. The normalized spacial score (nSPS) is 10.7. The Morgan fingerprint density at radius 1 is 1.11 bits per heavy atom. The molecule has 0 amide bonds. The summed E-state index contributed by atoms with van der Waals surface area (Å²) < 4.78 is 11.4. The number of anilines is 2. The lowest BCUT2D eigenvalue weighted by molar-refractivity contribution is 0.391. The maximum absolute atomic E-state index is 5.33. The standard InChI is InChI=1S/C18H15N5O2S2/c1-24-14-9-5-6-12(10-14)16-20-15(25-23-16)11-26-18-22-21-17(27-18)19-13-7-3-2-4-8-13/h2-10H,11H2,1H3,(H,19,21). The van der Waals surface area contributed by atoms with Gasteiger partial charge in [0.15, 0.2) is 4.34 Å². The first kappa shape index (κ1) is 17.5. The third-order valence-corrected chi connectivity index (χ3v) is 5.50. The van der Waals surface area contributed by atoms with Crippen LogP contribution in [0.25, 0.3) is 11.4 Å². The third kappa shape index (κ3) is 4.44. The minimum Gasteiger partial charge on any atom is -0.497 e. The van der Waals surface area contributed by atoms with Gasteiger partial charge >= 0.3 is 0 Å². The van der Waals surface area contributed by atoms with E-state index in [-0.39, 0.29) is 0 Å². The molecule has 136 valence electrons. The Labute approximate surface area is 163 Å². The zero-order valence-corrected chi connectivity index (χ0v) is 16.0. The van der Waals surface area contributed by atoms with E-state index >= 15 is 0 Å². The van der Waals surface area contributed by atoms with Gasteiger partial charge in [-0.05, 0) is 24.3 Å². The van der Waals surface area contributed by atoms with Crippen molar-refractivity contribution in [2.75, 3.05) is 12.4 Å². The van der Waals surface area contributed by atoms with Gasteiger partial charge in [-0.15, -0.1) is 10.2 Å². The van der Waals surface area contributed by atoms with Crippen LogP contribution in [0.2, 0.25) is 0 Å². The minimum absolute atomic E-state index is 0.525. The SMILES string of the molecule is COc1cccc(-c2noc(CSc3nnc(Nc4ccccc4)s3)n2)c1. The minimum atomic E-state index is 0.525. The summed E-state index contributed by atoms with van der Waals surface area (Å²) in [4.78, 5) is 4.43. The highest BCUT2D eigenvalue weighted by Crippen LogP contribution is 2.30. The van der Waals surface area contributed by atoms with Crippen molar-refractivity contribution in [1.29, 1.82) is 0 Å². The number of benzene rings is 2. The van der Waals surface area contributed by atoms with E-state index in [0.29, 0.717) is 17.5 Å². The second kappa shape index (κ2) is 8.19. The fourth-order valence-corrected chi connectivity index (χ4v) is 3.89. The average molecular weight is 397 g/mol. The fraction of sp³-hybridized carbons (Fsp3) is 0.111. The molecule has 0 fully saturated rings. The summed E-state index contributed by atoms with van der Waals surface area (Å²) in [5, 5.41) is 16.3. The van der Waals surface area contributed by atoms with Crippen LogP contribution in [0, 0.1) is 0 Å². The van der Waals surface area contributed by atoms with Gasteiger partial charge < -0.3 is 14.6 Å². The molecule has 0 aliphatic heterocycles. The van der Waals surface area contributed by atoms with Crippen molar-refractivity contribution in [3.8, 4) is 17.1 Å². The molecule has 0 saturated carbocycles. The molecule has 7 nitrogen and oxygen atoms in total. The zero-order valence-electron chi connectivity index (χ0n) is 14.3. The van der Waals surface area contributed by atoms with Crippen LogP contribution in [0.5, 0.6) is 5.75 Å². The number of nitrogens with one attached hydrogen (secondary N) is 1. The average Bonchev–Trinajstić information content (AvgIpc) is 3.37. The van der Waals surface area contributed by atoms with Gasteiger partial charge in [0.25, 0.3) is 0 Å². The Balaban J connectivity index is 1.37. The summed E-state index contributed by atoms with van der Waals surface area (Å²) in [6.07, 6.45) is 0. The van der Waals surface area contributed by atoms with Gasteiger partial charge in [-0.3, -0.25) is 0 Å². The van der Waals surface area contributed by atoms with E-state index in [2.05, 4.69) is 25.7 Å². The van der Waals surface area contributed by atoms with Crippen LogP contribution in [-0.2, 0) is 5.75 Å². The number of thioether (sulfide) groups is 1. The molecule has 0 spiro atoms. The summed E-state index contributed by atoms with van der Waals surface area (Å²) in [5.74, 6) is 2.34. The number of ether oxygens (including phenoxy) is 1. The molecule has 2 heterocycles. The third-order valence-electron chi connectivity index (χ3n) is 3.55. The molecule has 0 saturated heterocycles. The lowest BCUT2D eigenvalue weighted by Gasteiger charge is -1.99. The van der Waals surface area contributed by atoms with Crippen LogP contribution in [0.15, 0.2) is 63.5 Å². The molecule has 0 aliphatic carbocycles. The van der Waals surface area contributed by atoms with Crippen molar-refractivity contribution in [2.45, 2.75) is 10.1 Å². The van der Waals surface area contributed by atoms with E-state index in [1.807, 2.05) is 54.6 Å². The topological polar surface area (TPSA) is 86.0 Å². The van der Waals surface area contributed by atoms with Gasteiger partial charge in [0, 0.05) is 11.3 Å². The fourth-order valence-electron chi connectivity index (χ4n) is 2.28. The van der Waals surface area contributed by atoms with E-state index in [1.54, 1.807) is 7.11 Å². The predicted molar refractivity (Wildman–Crippen MR) is 105 cm³/mol. The first-order chi connectivity index (χ1) is 13.3. The number of hydrogen-bond donors (Lipinski definition) is 1. The van der Waals surface area contributed by atoms with E-state index in [0.717, 1.165) is 26.5 Å². The van der Waals surface area contributed by atoms with Gasteiger partial charge in [0.2, 0.25) is 16.8 Å². The van der Waals surface area contributed by atoms with Crippen molar-refractivity contribution in [3.63, 3.8) is 0 Å². The molecular formula is C18H15N5O2S2. The number of rotatable bonds is 7. The summed E-state index contributed by atoms with van der Waals surface area (Å²) >= 11 is 2.98. The Morgan fingerprint density at radius 2 is 2.00 bits per heavy atom. The molecule has 4 aromatic rings. The first-order valence-corrected chi connectivity index (χ1v) is 9.86. The number of aromatic nitrogens is 4. The highest BCUT2D eigenvalue weighted by atomic mass is 32.2. The van der Waals surface area contributed by atoms with E-state index in [9.17, 15) is 0 Å². The quantitative estimate of drug-likeness (QED) is 0.452. The Kier molecular flexibility index (Phi) is 5.31. The van der Waals surface area contributed by atoms with Crippen molar-refractivity contribution in [3.05, 3.63) is 60.5 Å². The monoisotopic (exact) mass is 397 g/mol. The number of methoxy groups -OCH3 is 1. The molecule has 0 bridgehead atoms. The second-order valence-electron chi connectivity index (χ2n) is 5.40. The molecule has 0 atom stereocenters. The van der Waals surface area contributed by atoms with E-state index in [1.165, 1.54) is 23.1 Å².